The third kappa shape index (κ3) is 3.33. The molecule has 0 atom stereocenters. The number of rotatable bonds is 4. The summed E-state index contributed by atoms with van der Waals surface area (Å²) in [6.07, 6.45) is 3.04. The predicted octanol–water partition coefficient (Wildman–Crippen LogP) is 3.93. The topological polar surface area (TPSA) is 54.4 Å². The molecule has 0 aliphatic rings. The monoisotopic (exact) mass is 286 g/mol. The minimum absolute atomic E-state index is 0.196. The number of carboxylic acid groups (broad SMARTS) is 1. The van der Waals surface area contributed by atoms with Crippen molar-refractivity contribution in [2.45, 2.75) is 0 Å². The number of hydrogen-bond acceptors (Lipinski definition) is 2. The number of benzene rings is 2. The zero-order valence-corrected chi connectivity index (χ0v) is 11.2. The quantitative estimate of drug-likeness (QED) is 0.684. The predicted molar refractivity (Wildman–Crippen MR) is 78.2 cm³/mol. The van der Waals surface area contributed by atoms with Gasteiger partial charge in [0.2, 0.25) is 0 Å². The van der Waals surface area contributed by atoms with Gasteiger partial charge in [-0.25, -0.2) is 4.79 Å². The van der Waals surface area contributed by atoms with Crippen molar-refractivity contribution in [2.24, 2.45) is 0 Å². The van der Waals surface area contributed by atoms with Gasteiger partial charge >= 0.3 is 5.97 Å². The van der Waals surface area contributed by atoms with Crippen LogP contribution in [0.3, 0.4) is 0 Å². The zero-order valence-electron chi connectivity index (χ0n) is 10.4. The third-order valence-electron chi connectivity index (χ3n) is 2.72. The summed E-state index contributed by atoms with van der Waals surface area (Å²) < 4.78 is 0. The third-order valence-corrected chi connectivity index (χ3v) is 3.05. The summed E-state index contributed by atoms with van der Waals surface area (Å²) in [6, 6.07) is 13.1. The second-order valence-corrected chi connectivity index (χ2v) is 4.51. The highest BCUT2D eigenvalue weighted by Gasteiger charge is 2.06. The van der Waals surface area contributed by atoms with Crippen LogP contribution in [0.2, 0.25) is 5.02 Å². The first-order valence-corrected chi connectivity index (χ1v) is 6.26. The molecule has 100 valence electrons. The van der Waals surface area contributed by atoms with Gasteiger partial charge in [-0.3, -0.25) is 4.79 Å². The molecule has 0 amide bonds. The molecule has 0 spiro atoms. The van der Waals surface area contributed by atoms with Gasteiger partial charge in [-0.1, -0.05) is 41.9 Å². The molecule has 0 bridgehead atoms. The summed E-state index contributed by atoms with van der Waals surface area (Å²) >= 11 is 5.94. The van der Waals surface area contributed by atoms with Gasteiger partial charge in [-0.2, -0.15) is 0 Å². The lowest BCUT2D eigenvalue weighted by Crippen LogP contribution is -1.96. The van der Waals surface area contributed by atoms with Crippen LogP contribution in [0.1, 0.15) is 26.3 Å². The Bertz CT molecular complexity index is 672. The fraction of sp³-hybridized carbons (Fsp3) is 0. The van der Waals surface area contributed by atoms with Gasteiger partial charge in [0.25, 0.3) is 0 Å². The highest BCUT2D eigenvalue weighted by Crippen LogP contribution is 2.16. The van der Waals surface area contributed by atoms with Crippen molar-refractivity contribution in [3.63, 3.8) is 0 Å². The summed E-state index contributed by atoms with van der Waals surface area (Å²) in [5.74, 6) is -1.18. The molecule has 0 fully saturated rings. The number of aromatic carboxylic acids is 1. The maximum absolute atomic E-state index is 11.9. The molecule has 2 rings (SSSR count). The van der Waals surface area contributed by atoms with Crippen LogP contribution in [0.4, 0.5) is 0 Å². The van der Waals surface area contributed by atoms with E-state index in [1.165, 1.54) is 18.2 Å². The SMILES string of the molecule is O=C(O)c1ccc(/C=C/C(=O)c2ccccc2Cl)cc1. The molecule has 1 N–H and O–H groups in total. The van der Waals surface area contributed by atoms with Crippen molar-refractivity contribution >= 4 is 29.4 Å². The number of ketones is 1. The molecule has 20 heavy (non-hydrogen) atoms. The van der Waals surface area contributed by atoms with Crippen LogP contribution >= 0.6 is 11.6 Å². The van der Waals surface area contributed by atoms with Crippen LogP contribution in [0, 0.1) is 0 Å². The van der Waals surface area contributed by atoms with Crippen LogP contribution in [0.5, 0.6) is 0 Å². The van der Waals surface area contributed by atoms with Crippen molar-refractivity contribution in [1.29, 1.82) is 0 Å². The Morgan fingerprint density at radius 3 is 2.25 bits per heavy atom. The Morgan fingerprint density at radius 2 is 1.65 bits per heavy atom. The van der Waals surface area contributed by atoms with E-state index in [2.05, 4.69) is 0 Å². The molecule has 2 aromatic carbocycles. The maximum Gasteiger partial charge on any atom is 0.335 e. The summed E-state index contributed by atoms with van der Waals surface area (Å²) in [5.41, 5.74) is 1.39. The Balaban J connectivity index is 2.15. The summed E-state index contributed by atoms with van der Waals surface area (Å²) in [7, 11) is 0. The molecular formula is C16H11ClO3. The lowest BCUT2D eigenvalue weighted by atomic mass is 10.1. The molecular weight excluding hydrogens is 276 g/mol. The fourth-order valence-corrected chi connectivity index (χ4v) is 1.89. The van der Waals surface area contributed by atoms with Crippen LogP contribution in [-0.4, -0.2) is 16.9 Å². The van der Waals surface area contributed by atoms with Gasteiger partial charge in [0, 0.05) is 5.56 Å². The van der Waals surface area contributed by atoms with E-state index in [-0.39, 0.29) is 11.3 Å². The molecule has 0 radical (unpaired) electrons. The minimum Gasteiger partial charge on any atom is -0.478 e. The van der Waals surface area contributed by atoms with Crippen LogP contribution in [0.25, 0.3) is 6.08 Å². The van der Waals surface area contributed by atoms with E-state index in [1.54, 1.807) is 42.5 Å². The van der Waals surface area contributed by atoms with Gasteiger partial charge in [-0.15, -0.1) is 0 Å². The van der Waals surface area contributed by atoms with E-state index in [4.69, 9.17) is 16.7 Å². The first-order valence-electron chi connectivity index (χ1n) is 5.88. The number of halogens is 1. The second-order valence-electron chi connectivity index (χ2n) is 4.10. The first kappa shape index (κ1) is 14.0. The lowest BCUT2D eigenvalue weighted by molar-refractivity contribution is 0.0696. The average Bonchev–Trinajstić information content (AvgIpc) is 2.45. The average molecular weight is 287 g/mol. The number of allylic oxidation sites excluding steroid dienone is 1. The minimum atomic E-state index is -0.979. The van der Waals surface area contributed by atoms with Crippen LogP contribution < -0.4 is 0 Å². The zero-order chi connectivity index (χ0) is 14.5. The molecule has 0 saturated carbocycles. The van der Waals surface area contributed by atoms with E-state index < -0.39 is 5.97 Å². The van der Waals surface area contributed by atoms with Gasteiger partial charge in [0.1, 0.15) is 0 Å². The highest BCUT2D eigenvalue weighted by molar-refractivity contribution is 6.34. The van der Waals surface area contributed by atoms with Gasteiger partial charge in [0.05, 0.1) is 10.6 Å². The Kier molecular flexibility index (Phi) is 4.33. The second kappa shape index (κ2) is 6.17. The molecule has 0 aliphatic carbocycles. The van der Waals surface area contributed by atoms with Crippen molar-refractivity contribution in [3.8, 4) is 0 Å². The van der Waals surface area contributed by atoms with Gasteiger partial charge < -0.3 is 5.11 Å². The molecule has 2 aromatic rings. The lowest BCUT2D eigenvalue weighted by Gasteiger charge is -1.99. The smallest absolute Gasteiger partial charge is 0.335 e. The van der Waals surface area contributed by atoms with E-state index in [0.717, 1.165) is 5.56 Å². The number of carboxylic acids is 1. The molecule has 0 aliphatic heterocycles. The Hall–Kier alpha value is -2.39. The Labute approximate surface area is 121 Å². The molecule has 0 aromatic heterocycles. The molecule has 0 unspecified atom stereocenters. The summed E-state index contributed by atoms with van der Waals surface area (Å²) in [4.78, 5) is 22.7. The number of hydrogen-bond donors (Lipinski definition) is 1. The van der Waals surface area contributed by atoms with Crippen molar-refractivity contribution in [3.05, 3.63) is 76.3 Å². The van der Waals surface area contributed by atoms with Crippen molar-refractivity contribution in [2.75, 3.05) is 0 Å². The highest BCUT2D eigenvalue weighted by atomic mass is 35.5. The standard InChI is InChI=1S/C16H11ClO3/c17-14-4-2-1-3-13(14)15(18)10-7-11-5-8-12(9-6-11)16(19)20/h1-10H,(H,19,20)/b10-7+. The number of carbonyl (C=O) groups is 2. The molecule has 4 heteroatoms. The Morgan fingerprint density at radius 1 is 1.00 bits per heavy atom. The van der Waals surface area contributed by atoms with Crippen molar-refractivity contribution in [1.82, 2.24) is 0 Å². The van der Waals surface area contributed by atoms with E-state index >= 15 is 0 Å². The van der Waals surface area contributed by atoms with Crippen molar-refractivity contribution < 1.29 is 14.7 Å². The van der Waals surface area contributed by atoms with Gasteiger partial charge in [0.15, 0.2) is 5.78 Å². The molecule has 0 saturated heterocycles. The molecule has 0 heterocycles. The fourth-order valence-electron chi connectivity index (χ4n) is 1.66. The maximum atomic E-state index is 11.9. The van der Waals surface area contributed by atoms with E-state index in [1.807, 2.05) is 0 Å². The first-order chi connectivity index (χ1) is 9.58. The summed E-state index contributed by atoms with van der Waals surface area (Å²) in [5, 5.41) is 9.19. The van der Waals surface area contributed by atoms with E-state index in [9.17, 15) is 9.59 Å². The molecule has 3 nitrogen and oxygen atoms in total. The largest absolute Gasteiger partial charge is 0.478 e. The van der Waals surface area contributed by atoms with E-state index in [0.29, 0.717) is 10.6 Å². The number of carbonyl (C=O) groups excluding carboxylic acids is 1. The van der Waals surface area contributed by atoms with Crippen LogP contribution in [0.15, 0.2) is 54.6 Å². The summed E-state index contributed by atoms with van der Waals surface area (Å²) in [6.45, 7) is 0. The van der Waals surface area contributed by atoms with Crippen LogP contribution in [-0.2, 0) is 0 Å². The van der Waals surface area contributed by atoms with Gasteiger partial charge in [-0.05, 0) is 35.9 Å². The normalized spacial score (nSPS) is 10.7.